The van der Waals surface area contributed by atoms with Crippen LogP contribution in [-0.2, 0) is 11.3 Å². The minimum atomic E-state index is 0.00486. The smallest absolute Gasteiger partial charge is 0.227 e. The predicted molar refractivity (Wildman–Crippen MR) is 130 cm³/mol. The summed E-state index contributed by atoms with van der Waals surface area (Å²) < 4.78 is 14.7. The van der Waals surface area contributed by atoms with Gasteiger partial charge in [0.1, 0.15) is 19.0 Å². The number of para-hydroxylation sites is 2. The number of nitrogens with zero attached hydrogens (tertiary/aromatic N) is 3. The third-order valence-electron chi connectivity index (χ3n) is 6.24. The van der Waals surface area contributed by atoms with E-state index in [2.05, 4.69) is 38.7 Å². The minimum absolute atomic E-state index is 0.00486. The Morgan fingerprint density at radius 1 is 0.970 bits per heavy atom. The fourth-order valence-corrected chi connectivity index (χ4v) is 5.17. The first kappa shape index (κ1) is 20.3. The molecule has 1 aromatic heterocycles. The van der Waals surface area contributed by atoms with Crippen LogP contribution in [0.1, 0.15) is 23.7 Å². The number of carbonyl (C=O) groups is 1. The molecule has 1 amide bonds. The highest BCUT2D eigenvalue weighted by molar-refractivity contribution is 9.10. The average molecular weight is 504 g/mol. The summed E-state index contributed by atoms with van der Waals surface area (Å²) in [4.78, 5) is 19.9. The zero-order valence-electron chi connectivity index (χ0n) is 17.9. The van der Waals surface area contributed by atoms with Crippen LogP contribution in [0.5, 0.6) is 11.5 Å². The van der Waals surface area contributed by atoms with Gasteiger partial charge in [0.15, 0.2) is 11.5 Å². The number of imidazole rings is 1. The van der Waals surface area contributed by atoms with E-state index in [0.29, 0.717) is 38.5 Å². The SMILES string of the molecule is O=C1CC(c2nc3ccccc3n2Cc2cccc(Br)c2)CN1c1ccc2c(c1)OCCO2. The van der Waals surface area contributed by atoms with Crippen molar-refractivity contribution >= 4 is 38.6 Å². The molecule has 1 unspecified atom stereocenters. The molecule has 7 heteroatoms. The number of hydrogen-bond acceptors (Lipinski definition) is 4. The van der Waals surface area contributed by atoms with Crippen molar-refractivity contribution in [3.8, 4) is 11.5 Å². The molecule has 1 saturated heterocycles. The van der Waals surface area contributed by atoms with E-state index in [-0.39, 0.29) is 11.8 Å². The number of benzene rings is 3. The highest BCUT2D eigenvalue weighted by atomic mass is 79.9. The van der Waals surface area contributed by atoms with E-state index in [9.17, 15) is 4.79 Å². The molecular formula is C26H22BrN3O3. The Balaban J connectivity index is 1.35. The maximum Gasteiger partial charge on any atom is 0.227 e. The molecule has 1 fully saturated rings. The van der Waals surface area contributed by atoms with Crippen molar-refractivity contribution in [3.05, 3.63) is 82.6 Å². The molecular weight excluding hydrogens is 482 g/mol. The summed E-state index contributed by atoms with van der Waals surface area (Å²) in [5.74, 6) is 2.47. The van der Waals surface area contributed by atoms with Crippen molar-refractivity contribution < 1.29 is 14.3 Å². The number of ether oxygens (including phenoxy) is 2. The van der Waals surface area contributed by atoms with Crippen LogP contribution in [0.15, 0.2) is 71.2 Å². The zero-order valence-corrected chi connectivity index (χ0v) is 19.5. The molecule has 0 bridgehead atoms. The highest BCUT2D eigenvalue weighted by Gasteiger charge is 2.35. The molecule has 6 nitrogen and oxygen atoms in total. The summed E-state index contributed by atoms with van der Waals surface area (Å²) in [7, 11) is 0. The molecule has 2 aliphatic rings. The number of hydrogen-bond donors (Lipinski definition) is 0. The molecule has 0 spiro atoms. The number of aromatic nitrogens is 2. The van der Waals surface area contributed by atoms with E-state index < -0.39 is 0 Å². The van der Waals surface area contributed by atoms with Gasteiger partial charge >= 0.3 is 0 Å². The Morgan fingerprint density at radius 2 is 1.82 bits per heavy atom. The van der Waals surface area contributed by atoms with Gasteiger partial charge in [0.05, 0.1) is 11.0 Å². The number of rotatable bonds is 4. The number of carbonyl (C=O) groups excluding carboxylic acids is 1. The van der Waals surface area contributed by atoms with Crippen molar-refractivity contribution in [2.75, 3.05) is 24.7 Å². The minimum Gasteiger partial charge on any atom is -0.486 e. The molecule has 1 atom stereocenters. The predicted octanol–water partition coefficient (Wildman–Crippen LogP) is 5.14. The summed E-state index contributed by atoms with van der Waals surface area (Å²) in [6.07, 6.45) is 0.427. The van der Waals surface area contributed by atoms with Crippen LogP contribution >= 0.6 is 15.9 Å². The van der Waals surface area contributed by atoms with Gasteiger partial charge in [-0.05, 0) is 42.0 Å². The largest absolute Gasteiger partial charge is 0.486 e. The first-order chi connectivity index (χ1) is 16.2. The fraction of sp³-hybridized carbons (Fsp3) is 0.231. The Hall–Kier alpha value is -3.32. The standard InChI is InChI=1S/C26H22BrN3O3/c27-19-5-3-4-17(12-19)15-30-22-7-2-1-6-21(22)28-26(30)18-13-25(31)29(16-18)20-8-9-23-24(14-20)33-11-10-32-23/h1-9,12,14,18H,10-11,13,15-16H2. The van der Waals surface area contributed by atoms with Gasteiger partial charge in [-0.3, -0.25) is 4.79 Å². The molecule has 0 radical (unpaired) electrons. The molecule has 0 N–H and O–H groups in total. The van der Waals surface area contributed by atoms with Crippen LogP contribution in [0.2, 0.25) is 0 Å². The van der Waals surface area contributed by atoms with Gasteiger partial charge < -0.3 is 18.9 Å². The topological polar surface area (TPSA) is 56.6 Å². The third-order valence-corrected chi connectivity index (χ3v) is 6.73. The van der Waals surface area contributed by atoms with E-state index in [1.807, 2.05) is 53.4 Å². The second kappa shape index (κ2) is 8.23. The second-order valence-electron chi connectivity index (χ2n) is 8.41. The molecule has 0 aliphatic carbocycles. The first-order valence-corrected chi connectivity index (χ1v) is 11.8. The lowest BCUT2D eigenvalue weighted by Crippen LogP contribution is -2.25. The average Bonchev–Trinajstić information content (AvgIpc) is 3.39. The lowest BCUT2D eigenvalue weighted by molar-refractivity contribution is -0.117. The van der Waals surface area contributed by atoms with Crippen LogP contribution in [0.4, 0.5) is 5.69 Å². The van der Waals surface area contributed by atoms with Gasteiger partial charge in [-0.2, -0.15) is 0 Å². The van der Waals surface area contributed by atoms with E-state index in [1.165, 1.54) is 5.56 Å². The maximum absolute atomic E-state index is 13.1. The van der Waals surface area contributed by atoms with Gasteiger partial charge in [0.2, 0.25) is 5.91 Å². The summed E-state index contributed by atoms with van der Waals surface area (Å²) >= 11 is 3.57. The van der Waals surface area contributed by atoms with Crippen LogP contribution in [0.25, 0.3) is 11.0 Å². The molecule has 166 valence electrons. The normalized spacial score (nSPS) is 17.7. The Morgan fingerprint density at radius 3 is 2.70 bits per heavy atom. The Kier molecular flexibility index (Phi) is 5.06. The van der Waals surface area contributed by atoms with Gasteiger partial charge in [0.25, 0.3) is 0 Å². The van der Waals surface area contributed by atoms with Crippen LogP contribution in [0.3, 0.4) is 0 Å². The summed E-state index contributed by atoms with van der Waals surface area (Å²) in [6, 6.07) is 22.2. The van der Waals surface area contributed by atoms with Crippen LogP contribution in [0, 0.1) is 0 Å². The van der Waals surface area contributed by atoms with E-state index in [1.54, 1.807) is 0 Å². The van der Waals surface area contributed by atoms with Crippen molar-refractivity contribution in [1.29, 1.82) is 0 Å². The van der Waals surface area contributed by atoms with E-state index in [4.69, 9.17) is 14.5 Å². The van der Waals surface area contributed by atoms with Crippen LogP contribution in [-0.4, -0.2) is 35.2 Å². The number of halogens is 1. The monoisotopic (exact) mass is 503 g/mol. The Labute approximate surface area is 199 Å². The van der Waals surface area contributed by atoms with Crippen molar-refractivity contribution in [2.45, 2.75) is 18.9 Å². The molecule has 3 aromatic carbocycles. The number of amides is 1. The first-order valence-electron chi connectivity index (χ1n) is 11.1. The third kappa shape index (κ3) is 3.76. The molecule has 2 aliphatic heterocycles. The molecule has 0 saturated carbocycles. The molecule has 3 heterocycles. The number of anilines is 1. The van der Waals surface area contributed by atoms with Gasteiger partial charge in [-0.15, -0.1) is 0 Å². The fourth-order valence-electron chi connectivity index (χ4n) is 4.72. The molecule has 4 aromatic rings. The zero-order chi connectivity index (χ0) is 22.4. The maximum atomic E-state index is 13.1. The van der Waals surface area contributed by atoms with Crippen molar-refractivity contribution in [2.24, 2.45) is 0 Å². The Bertz CT molecular complexity index is 1370. The van der Waals surface area contributed by atoms with Gasteiger partial charge in [-0.25, -0.2) is 4.98 Å². The number of fused-ring (bicyclic) bond motifs is 2. The highest BCUT2D eigenvalue weighted by Crippen LogP contribution is 2.38. The van der Waals surface area contributed by atoms with Crippen molar-refractivity contribution in [1.82, 2.24) is 9.55 Å². The summed E-state index contributed by atoms with van der Waals surface area (Å²) in [5.41, 5.74) is 4.05. The second-order valence-corrected chi connectivity index (χ2v) is 9.32. The van der Waals surface area contributed by atoms with E-state index >= 15 is 0 Å². The quantitative estimate of drug-likeness (QED) is 0.387. The van der Waals surface area contributed by atoms with Crippen LogP contribution < -0.4 is 14.4 Å². The van der Waals surface area contributed by atoms with Gasteiger partial charge in [-0.1, -0.05) is 40.2 Å². The van der Waals surface area contributed by atoms with Gasteiger partial charge in [0, 0.05) is 41.7 Å². The lowest BCUT2D eigenvalue weighted by atomic mass is 10.1. The van der Waals surface area contributed by atoms with E-state index in [0.717, 1.165) is 32.8 Å². The van der Waals surface area contributed by atoms with Crippen molar-refractivity contribution in [3.63, 3.8) is 0 Å². The lowest BCUT2D eigenvalue weighted by Gasteiger charge is -2.22. The molecule has 33 heavy (non-hydrogen) atoms. The summed E-state index contributed by atoms with van der Waals surface area (Å²) in [5, 5.41) is 0. The molecule has 6 rings (SSSR count). The summed E-state index contributed by atoms with van der Waals surface area (Å²) in [6.45, 7) is 2.35.